The first-order valence-corrected chi connectivity index (χ1v) is 10.4. The van der Waals surface area contributed by atoms with E-state index in [2.05, 4.69) is 10.6 Å². The van der Waals surface area contributed by atoms with Crippen LogP contribution in [0.25, 0.3) is 0 Å². The molecule has 6 nitrogen and oxygen atoms in total. The van der Waals surface area contributed by atoms with Crippen LogP contribution in [-0.4, -0.2) is 37.2 Å². The number of anilines is 1. The third-order valence-electron chi connectivity index (χ3n) is 5.22. The Balaban J connectivity index is 1.45. The Bertz CT molecular complexity index is 816. The molecule has 1 aromatic heterocycles. The molecule has 2 aromatic rings. The molecule has 0 spiro atoms. The van der Waals surface area contributed by atoms with E-state index < -0.39 is 0 Å². The minimum absolute atomic E-state index is 0.0309. The molecule has 0 aliphatic carbocycles. The van der Waals surface area contributed by atoms with Gasteiger partial charge in [0.2, 0.25) is 5.91 Å². The molecule has 2 aliphatic heterocycles. The second kappa shape index (κ2) is 8.19. The van der Waals surface area contributed by atoms with Crippen LogP contribution in [0.15, 0.2) is 45.9 Å². The molecule has 2 amide bonds. The molecule has 0 saturated carbocycles. The lowest BCUT2D eigenvalue weighted by Crippen LogP contribution is -3.13. The van der Waals surface area contributed by atoms with Crippen LogP contribution in [0.2, 0.25) is 0 Å². The molecule has 7 heteroatoms. The molecular weight excluding hydrogens is 362 g/mol. The Morgan fingerprint density at radius 3 is 2.89 bits per heavy atom. The third-order valence-corrected chi connectivity index (χ3v) is 6.29. The lowest BCUT2D eigenvalue weighted by Gasteiger charge is -2.30. The number of quaternary nitrogens is 1. The van der Waals surface area contributed by atoms with Crippen LogP contribution in [0, 0.1) is 0 Å². The highest BCUT2D eigenvalue weighted by atomic mass is 32.2. The minimum Gasteiger partial charge on any atom is -0.463 e. The molecule has 3 N–H and O–H groups in total. The largest absolute Gasteiger partial charge is 0.463 e. The lowest BCUT2D eigenvalue weighted by molar-refractivity contribution is -0.936. The van der Waals surface area contributed by atoms with Crippen molar-refractivity contribution in [3.8, 4) is 0 Å². The Kier molecular flexibility index (Phi) is 5.50. The number of hydrogen-bond acceptors (Lipinski definition) is 4. The first-order chi connectivity index (χ1) is 13.2. The summed E-state index contributed by atoms with van der Waals surface area (Å²) in [5.74, 6) is 1.18. The molecule has 3 heterocycles. The molecule has 2 aliphatic rings. The van der Waals surface area contributed by atoms with Gasteiger partial charge < -0.3 is 20.0 Å². The summed E-state index contributed by atoms with van der Waals surface area (Å²) in [7, 11) is 0. The summed E-state index contributed by atoms with van der Waals surface area (Å²) >= 11 is 1.49. The predicted molar refractivity (Wildman–Crippen MR) is 104 cm³/mol. The van der Waals surface area contributed by atoms with Gasteiger partial charge in [0, 0.05) is 10.5 Å². The fourth-order valence-corrected chi connectivity index (χ4v) is 4.60. The number of carbonyl (C=O) groups is 2. The number of likely N-dealkylation sites (tertiary alicyclic amines) is 1. The maximum absolute atomic E-state index is 12.7. The summed E-state index contributed by atoms with van der Waals surface area (Å²) in [6, 6.07) is 9.48. The number of rotatable bonds is 5. The second-order valence-electron chi connectivity index (χ2n) is 7.04. The van der Waals surface area contributed by atoms with Crippen LogP contribution in [-0.2, 0) is 4.79 Å². The van der Waals surface area contributed by atoms with E-state index in [0.717, 1.165) is 23.7 Å². The van der Waals surface area contributed by atoms with Crippen LogP contribution < -0.4 is 15.5 Å². The summed E-state index contributed by atoms with van der Waals surface area (Å²) < 4.78 is 5.65. The minimum atomic E-state index is -0.129. The second-order valence-corrected chi connectivity index (χ2v) is 8.06. The molecule has 1 saturated heterocycles. The van der Waals surface area contributed by atoms with Gasteiger partial charge in [-0.15, -0.1) is 11.8 Å². The fourth-order valence-electron chi connectivity index (χ4n) is 3.81. The van der Waals surface area contributed by atoms with E-state index in [4.69, 9.17) is 4.42 Å². The molecule has 1 atom stereocenters. The van der Waals surface area contributed by atoms with Gasteiger partial charge >= 0.3 is 0 Å². The van der Waals surface area contributed by atoms with E-state index >= 15 is 0 Å². The Hall–Kier alpha value is -2.25. The summed E-state index contributed by atoms with van der Waals surface area (Å²) in [6.07, 6.45) is 5.39. The van der Waals surface area contributed by atoms with Crippen molar-refractivity contribution in [3.05, 3.63) is 47.9 Å². The monoisotopic (exact) mass is 386 g/mol. The van der Waals surface area contributed by atoms with Crippen molar-refractivity contribution in [3.63, 3.8) is 0 Å². The van der Waals surface area contributed by atoms with Gasteiger partial charge in [-0.3, -0.25) is 9.59 Å². The standard InChI is InChI=1S/C20H23N3O3S/c24-19-13-27-18-7-6-14(11-15(18)22-19)20(25)21-12-16(17-5-4-10-26-17)23-8-2-1-3-9-23/h4-7,10-11,16H,1-3,8-9,12-13H2,(H,21,25)(H,22,24)/p+1/t16-/m1/s1. The van der Waals surface area contributed by atoms with Gasteiger partial charge in [0.25, 0.3) is 5.91 Å². The number of furan rings is 1. The summed E-state index contributed by atoms with van der Waals surface area (Å²) in [6.45, 7) is 2.73. The van der Waals surface area contributed by atoms with Gasteiger partial charge in [-0.2, -0.15) is 0 Å². The summed E-state index contributed by atoms with van der Waals surface area (Å²) in [4.78, 5) is 26.7. The average molecular weight is 386 g/mol. The zero-order valence-corrected chi connectivity index (χ0v) is 15.9. The van der Waals surface area contributed by atoms with Crippen molar-refractivity contribution in [2.75, 3.05) is 30.7 Å². The lowest BCUT2D eigenvalue weighted by atomic mass is 10.1. The molecule has 0 unspecified atom stereocenters. The van der Waals surface area contributed by atoms with Gasteiger partial charge in [-0.05, 0) is 49.6 Å². The summed E-state index contributed by atoms with van der Waals surface area (Å²) in [5.41, 5.74) is 1.27. The van der Waals surface area contributed by atoms with Crippen LogP contribution >= 0.6 is 11.8 Å². The van der Waals surface area contributed by atoms with E-state index in [9.17, 15) is 9.59 Å². The number of amides is 2. The topological polar surface area (TPSA) is 75.8 Å². The third kappa shape index (κ3) is 4.20. The number of carbonyl (C=O) groups excluding carboxylic acids is 2. The molecule has 27 heavy (non-hydrogen) atoms. The molecular formula is C20H24N3O3S+. The van der Waals surface area contributed by atoms with E-state index in [1.807, 2.05) is 24.3 Å². The van der Waals surface area contributed by atoms with Gasteiger partial charge in [0.1, 0.15) is 0 Å². The molecule has 0 bridgehead atoms. The fraction of sp³-hybridized carbons (Fsp3) is 0.400. The van der Waals surface area contributed by atoms with Crippen LogP contribution in [0.4, 0.5) is 5.69 Å². The zero-order valence-electron chi connectivity index (χ0n) is 15.1. The molecule has 4 rings (SSSR count). The van der Waals surface area contributed by atoms with Crippen molar-refractivity contribution in [1.82, 2.24) is 5.32 Å². The van der Waals surface area contributed by atoms with E-state index in [1.165, 1.54) is 35.9 Å². The maximum atomic E-state index is 12.7. The van der Waals surface area contributed by atoms with E-state index in [1.54, 1.807) is 12.3 Å². The molecule has 1 aromatic carbocycles. The van der Waals surface area contributed by atoms with E-state index in [0.29, 0.717) is 23.5 Å². The van der Waals surface area contributed by atoms with Crippen LogP contribution in [0.1, 0.15) is 41.4 Å². The Morgan fingerprint density at radius 1 is 1.26 bits per heavy atom. The first-order valence-electron chi connectivity index (χ1n) is 9.43. The molecule has 0 radical (unpaired) electrons. The predicted octanol–water partition coefficient (Wildman–Crippen LogP) is 1.86. The smallest absolute Gasteiger partial charge is 0.251 e. The normalized spacial score (nSPS) is 18.4. The highest BCUT2D eigenvalue weighted by Crippen LogP contribution is 2.31. The summed E-state index contributed by atoms with van der Waals surface area (Å²) in [5, 5.41) is 5.90. The van der Waals surface area contributed by atoms with Crippen molar-refractivity contribution in [2.45, 2.75) is 30.2 Å². The first kappa shape index (κ1) is 18.1. The number of hydrogen-bond donors (Lipinski definition) is 3. The van der Waals surface area contributed by atoms with Crippen molar-refractivity contribution >= 4 is 29.3 Å². The number of nitrogens with one attached hydrogen (secondary N) is 3. The number of thioether (sulfide) groups is 1. The highest BCUT2D eigenvalue weighted by Gasteiger charge is 2.29. The highest BCUT2D eigenvalue weighted by molar-refractivity contribution is 8.00. The van der Waals surface area contributed by atoms with Gasteiger partial charge in [-0.25, -0.2) is 0 Å². The molecule has 1 fully saturated rings. The number of fused-ring (bicyclic) bond motifs is 1. The van der Waals surface area contributed by atoms with Gasteiger partial charge in [0.15, 0.2) is 11.8 Å². The Morgan fingerprint density at radius 2 is 2.11 bits per heavy atom. The van der Waals surface area contributed by atoms with Gasteiger partial charge in [0.05, 0.1) is 37.3 Å². The Labute approximate surface area is 162 Å². The van der Waals surface area contributed by atoms with Crippen molar-refractivity contribution in [2.24, 2.45) is 0 Å². The molecule has 142 valence electrons. The van der Waals surface area contributed by atoms with Gasteiger partial charge in [-0.1, -0.05) is 0 Å². The quantitative estimate of drug-likeness (QED) is 0.733. The van der Waals surface area contributed by atoms with Crippen molar-refractivity contribution < 1.29 is 18.9 Å². The SMILES string of the molecule is O=C1CSc2ccc(C(=O)NC[C@H](c3ccco3)[NH+]3CCCCC3)cc2N1. The van der Waals surface area contributed by atoms with Crippen molar-refractivity contribution in [1.29, 1.82) is 0 Å². The van der Waals surface area contributed by atoms with Crippen LogP contribution in [0.5, 0.6) is 0 Å². The average Bonchev–Trinajstić information content (AvgIpc) is 3.22. The zero-order chi connectivity index (χ0) is 18.6. The maximum Gasteiger partial charge on any atom is 0.251 e. The van der Waals surface area contributed by atoms with E-state index in [-0.39, 0.29) is 17.9 Å². The number of benzene rings is 1. The number of piperidine rings is 1. The van der Waals surface area contributed by atoms with Crippen LogP contribution in [0.3, 0.4) is 0 Å².